The van der Waals surface area contributed by atoms with Crippen LogP contribution in [0.4, 0.5) is 0 Å². The van der Waals surface area contributed by atoms with E-state index in [2.05, 4.69) is 65.8 Å². The molecule has 1 rings (SSSR count). The zero-order valence-electron chi connectivity index (χ0n) is 28.4. The monoisotopic (exact) mass is 634 g/mol. The van der Waals surface area contributed by atoms with E-state index in [1.165, 1.54) is 70.6 Å². The molecule has 0 saturated carbocycles. The number of ether oxygens (including phenoxy) is 2. The van der Waals surface area contributed by atoms with Gasteiger partial charge in [-0.2, -0.15) is 0 Å². The largest absolute Gasteiger partial charge is 0.463 e. The van der Waals surface area contributed by atoms with Gasteiger partial charge in [0.15, 0.2) is 31.2 Å². The van der Waals surface area contributed by atoms with Gasteiger partial charge in [0.25, 0.3) is 0 Å². The van der Waals surface area contributed by atoms with Crippen LogP contribution in [0.1, 0.15) is 96.8 Å². The Morgan fingerprint density at radius 1 is 0.610 bits per heavy atom. The second-order valence-corrected chi connectivity index (χ2v) is 28.2. The first kappa shape index (κ1) is 38.9. The number of hydrogen-bond donors (Lipinski definition) is 1. The minimum atomic E-state index is -2.03. The van der Waals surface area contributed by atoms with Crippen molar-refractivity contribution in [3.05, 3.63) is 0 Å². The number of aliphatic hydroxyl groups is 1. The molecule has 0 unspecified atom stereocenters. The minimum absolute atomic E-state index is 0.0364. The van der Waals surface area contributed by atoms with Gasteiger partial charge in [-0.1, -0.05) is 84.0 Å². The van der Waals surface area contributed by atoms with Crippen molar-refractivity contribution >= 4 is 30.9 Å². The molecule has 1 N–H and O–H groups in total. The standard InChI is InChI=1S/C31H66O7Si3/c1-11-12-13-14-15-16-17-18-19-20-21-22-23-24-27(32)34-25-26-28(36-39(2,3)4)29(37-40(5,6)7)30(31(33)35-26)38-41(8,9)10/h26,28-31,33H,11-25H2,1-10H3/t26-,28-,29+,30-,31+/m1/s1. The van der Waals surface area contributed by atoms with Gasteiger partial charge in [-0.15, -0.1) is 0 Å². The van der Waals surface area contributed by atoms with E-state index in [1.807, 2.05) is 0 Å². The minimum Gasteiger partial charge on any atom is -0.463 e. The molecule has 244 valence electrons. The van der Waals surface area contributed by atoms with Crippen molar-refractivity contribution in [2.75, 3.05) is 6.61 Å². The molecular formula is C31H66O7Si3. The molecule has 0 spiro atoms. The fourth-order valence-corrected chi connectivity index (χ4v) is 8.44. The lowest BCUT2D eigenvalue weighted by Crippen LogP contribution is -2.65. The summed E-state index contributed by atoms with van der Waals surface area (Å²) in [5, 5.41) is 11.0. The molecule has 1 fully saturated rings. The number of rotatable bonds is 22. The maximum absolute atomic E-state index is 12.6. The number of aliphatic hydroxyl groups excluding tert-OH is 1. The quantitative estimate of drug-likeness (QED) is 0.0727. The van der Waals surface area contributed by atoms with Crippen LogP contribution in [0.15, 0.2) is 0 Å². The van der Waals surface area contributed by atoms with Crippen LogP contribution in [0.3, 0.4) is 0 Å². The Labute approximate surface area is 256 Å². The summed E-state index contributed by atoms with van der Waals surface area (Å²) in [6.45, 7) is 21.3. The van der Waals surface area contributed by atoms with Gasteiger partial charge in [0.1, 0.15) is 31.0 Å². The number of unbranched alkanes of at least 4 members (excludes halogenated alkanes) is 12. The molecule has 0 aromatic rings. The highest BCUT2D eigenvalue weighted by molar-refractivity contribution is 6.70. The number of esters is 1. The number of carbonyl (C=O) groups is 1. The third-order valence-corrected chi connectivity index (χ3v) is 9.91. The molecule has 5 atom stereocenters. The van der Waals surface area contributed by atoms with Crippen LogP contribution in [0.25, 0.3) is 0 Å². The van der Waals surface area contributed by atoms with Crippen LogP contribution < -0.4 is 0 Å². The summed E-state index contributed by atoms with van der Waals surface area (Å²) >= 11 is 0. The highest BCUT2D eigenvalue weighted by Gasteiger charge is 2.51. The van der Waals surface area contributed by atoms with Gasteiger partial charge in [0.05, 0.1) is 0 Å². The average Bonchev–Trinajstić information content (AvgIpc) is 2.82. The summed E-state index contributed by atoms with van der Waals surface area (Å²) in [4.78, 5) is 12.6. The summed E-state index contributed by atoms with van der Waals surface area (Å²) in [6, 6.07) is 0. The average molecular weight is 635 g/mol. The smallest absolute Gasteiger partial charge is 0.305 e. The van der Waals surface area contributed by atoms with E-state index in [9.17, 15) is 9.90 Å². The van der Waals surface area contributed by atoms with E-state index in [0.29, 0.717) is 6.42 Å². The fourth-order valence-electron chi connectivity index (χ4n) is 5.19. The van der Waals surface area contributed by atoms with Crippen molar-refractivity contribution in [1.82, 2.24) is 0 Å². The van der Waals surface area contributed by atoms with E-state index < -0.39 is 55.7 Å². The van der Waals surface area contributed by atoms with E-state index in [0.717, 1.165) is 12.8 Å². The van der Waals surface area contributed by atoms with Crippen molar-refractivity contribution < 1.29 is 32.7 Å². The lowest BCUT2D eigenvalue weighted by molar-refractivity contribution is -0.277. The fraction of sp³-hybridized carbons (Fsp3) is 0.968. The molecule has 0 aromatic carbocycles. The van der Waals surface area contributed by atoms with E-state index in [1.54, 1.807) is 0 Å². The topological polar surface area (TPSA) is 83.5 Å². The maximum Gasteiger partial charge on any atom is 0.305 e. The van der Waals surface area contributed by atoms with Crippen molar-refractivity contribution in [3.63, 3.8) is 0 Å². The predicted molar refractivity (Wildman–Crippen MR) is 177 cm³/mol. The molecule has 1 aliphatic heterocycles. The van der Waals surface area contributed by atoms with Gasteiger partial charge in [0.2, 0.25) is 0 Å². The summed E-state index contributed by atoms with van der Waals surface area (Å²) < 4.78 is 31.3. The molecule has 0 radical (unpaired) electrons. The molecule has 0 aliphatic carbocycles. The van der Waals surface area contributed by atoms with Crippen LogP contribution in [0.2, 0.25) is 58.9 Å². The van der Waals surface area contributed by atoms with Crippen molar-refractivity contribution in [2.24, 2.45) is 0 Å². The summed E-state index contributed by atoms with van der Waals surface area (Å²) in [5.41, 5.74) is 0. The Morgan fingerprint density at radius 3 is 1.44 bits per heavy atom. The zero-order valence-corrected chi connectivity index (χ0v) is 31.4. The highest BCUT2D eigenvalue weighted by Crippen LogP contribution is 2.33. The lowest BCUT2D eigenvalue weighted by Gasteiger charge is -2.49. The first-order chi connectivity index (χ1) is 19.0. The van der Waals surface area contributed by atoms with Crippen LogP contribution >= 0.6 is 0 Å². The first-order valence-corrected chi connectivity index (χ1v) is 26.8. The Hall–Kier alpha value is -0.0794. The van der Waals surface area contributed by atoms with Gasteiger partial charge < -0.3 is 27.9 Å². The van der Waals surface area contributed by atoms with Gasteiger partial charge in [-0.3, -0.25) is 4.79 Å². The second-order valence-electron chi connectivity index (χ2n) is 14.8. The van der Waals surface area contributed by atoms with Crippen molar-refractivity contribution in [3.8, 4) is 0 Å². The van der Waals surface area contributed by atoms with E-state index >= 15 is 0 Å². The summed E-state index contributed by atoms with van der Waals surface area (Å²) in [7, 11) is -6.09. The first-order valence-electron chi connectivity index (χ1n) is 16.5. The molecule has 1 saturated heterocycles. The van der Waals surface area contributed by atoms with E-state index in [4.69, 9.17) is 22.8 Å². The SMILES string of the molecule is CCCCCCCCCCCCCCCC(=O)OC[C@H]1O[C@H](O)[C@H](O[Si](C)(C)C)[C@@H](O[Si](C)(C)C)[C@@H]1O[Si](C)(C)C. The molecule has 1 aliphatic rings. The van der Waals surface area contributed by atoms with Gasteiger partial charge >= 0.3 is 5.97 Å². The molecule has 0 aromatic heterocycles. The Bertz CT molecular complexity index is 703. The van der Waals surface area contributed by atoms with Gasteiger partial charge in [0, 0.05) is 6.42 Å². The van der Waals surface area contributed by atoms with Gasteiger partial charge in [-0.25, -0.2) is 0 Å². The normalized spacial score (nSPS) is 24.0. The van der Waals surface area contributed by atoms with Crippen molar-refractivity contribution in [2.45, 2.75) is 186 Å². The lowest BCUT2D eigenvalue weighted by atomic mass is 9.99. The molecule has 10 heteroatoms. The van der Waals surface area contributed by atoms with Crippen LogP contribution in [0, 0.1) is 0 Å². The van der Waals surface area contributed by atoms with Crippen LogP contribution in [0.5, 0.6) is 0 Å². The number of hydrogen-bond acceptors (Lipinski definition) is 7. The molecular weight excluding hydrogens is 569 g/mol. The van der Waals surface area contributed by atoms with Gasteiger partial charge in [-0.05, 0) is 65.3 Å². The summed E-state index contributed by atoms with van der Waals surface area (Å²) in [6.07, 6.45) is 13.5. The second kappa shape index (κ2) is 19.3. The molecule has 0 amide bonds. The highest BCUT2D eigenvalue weighted by atomic mass is 28.4. The Balaban J connectivity index is 2.54. The van der Waals surface area contributed by atoms with Crippen molar-refractivity contribution in [1.29, 1.82) is 0 Å². The van der Waals surface area contributed by atoms with Crippen LogP contribution in [-0.2, 0) is 27.5 Å². The molecule has 1 heterocycles. The zero-order chi connectivity index (χ0) is 31.1. The predicted octanol–water partition coefficient (Wildman–Crippen LogP) is 8.39. The maximum atomic E-state index is 12.6. The molecule has 7 nitrogen and oxygen atoms in total. The third-order valence-electron chi connectivity index (χ3n) is 6.97. The van der Waals surface area contributed by atoms with Crippen LogP contribution in [-0.4, -0.2) is 73.3 Å². The van der Waals surface area contributed by atoms with E-state index in [-0.39, 0.29) is 12.6 Å². The molecule has 0 bridgehead atoms. The molecule has 41 heavy (non-hydrogen) atoms. The Kier molecular flexibility index (Phi) is 18.4. The Morgan fingerprint density at radius 2 is 1.00 bits per heavy atom. The number of carbonyl (C=O) groups excluding carboxylic acids is 1. The third kappa shape index (κ3) is 19.0. The summed E-state index contributed by atoms with van der Waals surface area (Å²) in [5.74, 6) is -0.221.